The molecule has 1 unspecified atom stereocenters. The van der Waals surface area contributed by atoms with Crippen LogP contribution in [-0.2, 0) is 0 Å². The molecule has 0 radical (unpaired) electrons. The summed E-state index contributed by atoms with van der Waals surface area (Å²) in [6.07, 6.45) is 0. The minimum atomic E-state index is -2.93. The summed E-state index contributed by atoms with van der Waals surface area (Å²) < 4.78 is 3.59. The first-order valence-electron chi connectivity index (χ1n) is 7.39. The van der Waals surface area contributed by atoms with Crippen LogP contribution in [0.3, 0.4) is 0 Å². The molecule has 0 heterocycles. The molecule has 3 rings (SSSR count). The predicted octanol–water partition coefficient (Wildman–Crippen LogP) is 2.98. The predicted molar refractivity (Wildman–Crippen MR) is 102 cm³/mol. The zero-order valence-electron chi connectivity index (χ0n) is 12.5. The first-order chi connectivity index (χ1) is 11.3. The van der Waals surface area contributed by atoms with Crippen LogP contribution in [0.25, 0.3) is 0 Å². The third-order valence-electron chi connectivity index (χ3n) is 3.94. The van der Waals surface area contributed by atoms with Crippen LogP contribution in [0.5, 0.6) is 0 Å². The Bertz CT molecular complexity index is 701. The summed E-state index contributed by atoms with van der Waals surface area (Å²) in [5.41, 5.74) is 0. The summed E-state index contributed by atoms with van der Waals surface area (Å²) in [5, 5.41) is 9.80. The van der Waals surface area contributed by atoms with E-state index in [1.54, 1.807) is 0 Å². The fourth-order valence-electron chi connectivity index (χ4n) is 2.92. The quantitative estimate of drug-likeness (QED) is 0.466. The Balaban J connectivity index is 2.38. The summed E-state index contributed by atoms with van der Waals surface area (Å²) in [4.78, 5) is 0. The maximum absolute atomic E-state index is 9.80. The minimum absolute atomic E-state index is 0.215. The van der Waals surface area contributed by atoms with Crippen LogP contribution in [-0.4, -0.2) is 17.2 Å². The molecule has 3 aromatic rings. The Hall–Kier alpha value is -1.81. The van der Waals surface area contributed by atoms with Gasteiger partial charge >= 0.3 is 148 Å². The number of hydrogen-bond donors (Lipinski definition) is 0. The molecule has 0 N–H and O–H groups in total. The molecule has 0 fully saturated rings. The monoisotopic (exact) mass is 424 g/mol. The molecule has 0 aliphatic rings. The fraction of sp³-hybridized carbons (Fsp3) is 0.0500. The van der Waals surface area contributed by atoms with Gasteiger partial charge < -0.3 is 0 Å². The molecule has 0 amide bonds. The van der Waals surface area contributed by atoms with E-state index in [0.29, 0.717) is 0 Å². The van der Waals surface area contributed by atoms with Gasteiger partial charge in [0, 0.05) is 0 Å². The van der Waals surface area contributed by atoms with Gasteiger partial charge in [0.15, 0.2) is 0 Å². The van der Waals surface area contributed by atoms with E-state index in [-0.39, 0.29) is 3.61 Å². The van der Waals surface area contributed by atoms with Crippen molar-refractivity contribution in [2.24, 2.45) is 0 Å². The average molecular weight is 425 g/mol. The maximum atomic E-state index is 9.80. The number of benzene rings is 3. The number of nitriles is 1. The normalized spacial score (nSPS) is 12.3. The molecule has 0 bridgehead atoms. The fourth-order valence-corrected chi connectivity index (χ4v) is 14.5. The van der Waals surface area contributed by atoms with Crippen molar-refractivity contribution in [1.29, 1.82) is 5.26 Å². The number of alkyl halides is 1. The van der Waals surface area contributed by atoms with Crippen molar-refractivity contribution < 1.29 is 0 Å². The van der Waals surface area contributed by atoms with Crippen LogP contribution in [0.2, 0.25) is 0 Å². The molecule has 112 valence electrons. The van der Waals surface area contributed by atoms with E-state index in [1.165, 1.54) is 13.1 Å². The molecule has 0 aliphatic carbocycles. The molecule has 23 heavy (non-hydrogen) atoms. The van der Waals surface area contributed by atoms with Gasteiger partial charge in [0.1, 0.15) is 0 Å². The first-order valence-corrected chi connectivity index (χ1v) is 12.2. The Morgan fingerprint density at radius 3 is 1.22 bits per heavy atom. The van der Waals surface area contributed by atoms with E-state index in [0.717, 1.165) is 0 Å². The summed E-state index contributed by atoms with van der Waals surface area (Å²) in [7, 11) is 0. The molecule has 0 aliphatic heterocycles. The van der Waals surface area contributed by atoms with Crippen molar-refractivity contribution in [3.05, 3.63) is 91.0 Å². The van der Waals surface area contributed by atoms with E-state index >= 15 is 0 Å². The summed E-state index contributed by atoms with van der Waals surface area (Å²) >= 11 is 0.800. The van der Waals surface area contributed by atoms with Crippen LogP contribution in [0, 0.1) is 11.3 Å². The third kappa shape index (κ3) is 2.88. The molecular weight excluding hydrogens is 409 g/mol. The number of halogens is 1. The Morgan fingerprint density at radius 2 is 0.957 bits per heavy atom. The van der Waals surface area contributed by atoms with Gasteiger partial charge in [-0.3, -0.25) is 0 Å². The van der Waals surface area contributed by atoms with E-state index in [2.05, 4.69) is 94.8 Å². The van der Waals surface area contributed by atoms with Crippen molar-refractivity contribution in [2.45, 2.75) is 3.61 Å². The molecule has 0 saturated carbocycles. The van der Waals surface area contributed by atoms with E-state index in [4.69, 9.17) is 0 Å². The van der Waals surface area contributed by atoms with Crippen molar-refractivity contribution in [2.75, 3.05) is 0 Å². The van der Waals surface area contributed by atoms with Gasteiger partial charge in [0.05, 0.1) is 0 Å². The Kier molecular flexibility index (Phi) is 5.01. The molecule has 0 aromatic heterocycles. The van der Waals surface area contributed by atoms with Gasteiger partial charge in [0.25, 0.3) is 0 Å². The zero-order chi connectivity index (χ0) is 16.1. The summed E-state index contributed by atoms with van der Waals surface area (Å²) in [6.45, 7) is 0. The van der Waals surface area contributed by atoms with Crippen molar-refractivity contribution >= 4 is 42.5 Å². The van der Waals surface area contributed by atoms with Gasteiger partial charge in [-0.25, -0.2) is 0 Å². The van der Waals surface area contributed by atoms with Crippen LogP contribution in [0.15, 0.2) is 91.0 Å². The SMILES string of the molecule is N#CC(Br)[As+](c1ccccc1)(c1ccccc1)c1ccccc1. The van der Waals surface area contributed by atoms with E-state index in [1.807, 2.05) is 18.2 Å². The molecule has 0 spiro atoms. The average Bonchev–Trinajstić information content (AvgIpc) is 2.65. The van der Waals surface area contributed by atoms with Crippen molar-refractivity contribution in [1.82, 2.24) is 0 Å². The molecule has 0 saturated heterocycles. The Morgan fingerprint density at radius 1 is 0.652 bits per heavy atom. The van der Waals surface area contributed by atoms with Gasteiger partial charge in [-0.15, -0.1) is 0 Å². The molecule has 1 atom stereocenters. The van der Waals surface area contributed by atoms with Crippen molar-refractivity contribution in [3.63, 3.8) is 0 Å². The first kappa shape index (κ1) is 16.1. The standard InChI is InChI=1S/C20H16AsBrN/c22-20(16-23)21(17-10-4-1-5-11-17,18-12-6-2-7-13-18)19-14-8-3-9-15-19/h1-15,20H/q+1. The number of nitrogens with zero attached hydrogens (tertiary/aromatic N) is 1. The van der Waals surface area contributed by atoms with E-state index < -0.39 is 13.6 Å². The van der Waals surface area contributed by atoms with Crippen LogP contribution in [0.4, 0.5) is 0 Å². The van der Waals surface area contributed by atoms with Crippen molar-refractivity contribution in [3.8, 4) is 6.07 Å². The second kappa shape index (κ2) is 7.17. The van der Waals surface area contributed by atoms with Gasteiger partial charge in [-0.1, -0.05) is 0 Å². The van der Waals surface area contributed by atoms with Crippen LogP contribution in [0.1, 0.15) is 0 Å². The van der Waals surface area contributed by atoms with Gasteiger partial charge in [-0.2, -0.15) is 0 Å². The molecule has 3 heteroatoms. The van der Waals surface area contributed by atoms with E-state index in [9.17, 15) is 5.26 Å². The summed E-state index contributed by atoms with van der Waals surface area (Å²) in [5.74, 6) is 0. The second-order valence-electron chi connectivity index (χ2n) is 5.19. The number of hydrogen-bond acceptors (Lipinski definition) is 1. The topological polar surface area (TPSA) is 23.8 Å². The van der Waals surface area contributed by atoms with Gasteiger partial charge in [-0.05, 0) is 0 Å². The molecule has 1 nitrogen and oxygen atoms in total. The number of rotatable bonds is 4. The van der Waals surface area contributed by atoms with Crippen LogP contribution >= 0.6 is 15.9 Å². The molecular formula is C20H16AsBrN+. The van der Waals surface area contributed by atoms with Gasteiger partial charge in [0.2, 0.25) is 0 Å². The third-order valence-corrected chi connectivity index (χ3v) is 16.0. The zero-order valence-corrected chi connectivity index (χ0v) is 16.0. The van der Waals surface area contributed by atoms with Crippen LogP contribution < -0.4 is 13.1 Å². The summed E-state index contributed by atoms with van der Waals surface area (Å²) in [6, 6.07) is 34.0. The molecule has 3 aromatic carbocycles. The Labute approximate surface area is 148 Å². The second-order valence-corrected chi connectivity index (χ2v) is 15.0.